The van der Waals surface area contributed by atoms with Gasteiger partial charge in [-0.25, -0.2) is 0 Å². The summed E-state index contributed by atoms with van der Waals surface area (Å²) in [5.41, 5.74) is 3.75. The van der Waals surface area contributed by atoms with Gasteiger partial charge in [-0.05, 0) is 36.1 Å². The number of methoxy groups -OCH3 is 1. The quantitative estimate of drug-likeness (QED) is 0.411. The highest BCUT2D eigenvalue weighted by Crippen LogP contribution is 2.17. The molecule has 0 heterocycles. The molecule has 0 saturated carbocycles. The zero-order valence-electron chi connectivity index (χ0n) is 14.5. The van der Waals surface area contributed by atoms with Crippen molar-refractivity contribution in [2.45, 2.75) is 19.9 Å². The standard InChI is InChI=1S/C19H25N3O.HI/c1-15-8-4-5-10-17(15)14-22-19(20-2)21-13-12-16-9-6-7-11-18(16)23-3;/h4-11H,12-14H2,1-3H3,(H2,20,21,22);1H. The summed E-state index contributed by atoms with van der Waals surface area (Å²) in [6.07, 6.45) is 0.884. The summed E-state index contributed by atoms with van der Waals surface area (Å²) in [6.45, 7) is 3.68. The fourth-order valence-electron chi connectivity index (χ4n) is 2.43. The molecule has 0 radical (unpaired) electrons. The molecule has 24 heavy (non-hydrogen) atoms. The van der Waals surface area contributed by atoms with E-state index in [1.165, 1.54) is 16.7 Å². The molecule has 2 N–H and O–H groups in total. The number of benzene rings is 2. The maximum atomic E-state index is 5.37. The molecular weight excluding hydrogens is 413 g/mol. The van der Waals surface area contributed by atoms with E-state index in [1.807, 2.05) is 18.2 Å². The van der Waals surface area contributed by atoms with Crippen molar-refractivity contribution in [3.8, 4) is 5.75 Å². The number of rotatable bonds is 6. The van der Waals surface area contributed by atoms with Gasteiger partial charge in [-0.1, -0.05) is 42.5 Å². The molecule has 0 aliphatic rings. The highest BCUT2D eigenvalue weighted by atomic mass is 127. The van der Waals surface area contributed by atoms with Gasteiger partial charge in [0.1, 0.15) is 5.75 Å². The topological polar surface area (TPSA) is 45.7 Å². The Morgan fingerprint density at radius 3 is 2.33 bits per heavy atom. The molecule has 0 aliphatic carbocycles. The summed E-state index contributed by atoms with van der Waals surface area (Å²) < 4.78 is 5.37. The van der Waals surface area contributed by atoms with Gasteiger partial charge in [-0.15, -0.1) is 24.0 Å². The third kappa shape index (κ3) is 6.03. The lowest BCUT2D eigenvalue weighted by Crippen LogP contribution is -2.38. The molecule has 0 fully saturated rings. The van der Waals surface area contributed by atoms with Crippen LogP contribution in [0.15, 0.2) is 53.5 Å². The molecule has 2 aromatic carbocycles. The summed E-state index contributed by atoms with van der Waals surface area (Å²) in [7, 11) is 3.49. The lowest BCUT2D eigenvalue weighted by Gasteiger charge is -2.14. The second-order valence-corrected chi connectivity index (χ2v) is 5.34. The minimum Gasteiger partial charge on any atom is -0.496 e. The number of aryl methyl sites for hydroxylation is 1. The Kier molecular flexibility index (Phi) is 9.22. The van der Waals surface area contributed by atoms with E-state index in [4.69, 9.17) is 4.74 Å². The van der Waals surface area contributed by atoms with Crippen molar-refractivity contribution < 1.29 is 4.74 Å². The molecule has 0 spiro atoms. The number of para-hydroxylation sites is 1. The Balaban J connectivity index is 0.00000288. The van der Waals surface area contributed by atoms with Crippen molar-refractivity contribution in [1.29, 1.82) is 0 Å². The van der Waals surface area contributed by atoms with E-state index in [1.54, 1.807) is 14.2 Å². The number of hydrogen-bond donors (Lipinski definition) is 2. The average Bonchev–Trinajstić information content (AvgIpc) is 2.59. The second kappa shape index (κ2) is 10.9. The second-order valence-electron chi connectivity index (χ2n) is 5.34. The Morgan fingerprint density at radius 2 is 1.67 bits per heavy atom. The molecule has 0 unspecified atom stereocenters. The number of halogens is 1. The fraction of sp³-hybridized carbons (Fsp3) is 0.316. The highest BCUT2D eigenvalue weighted by Gasteiger charge is 2.03. The number of nitrogens with one attached hydrogen (secondary N) is 2. The molecule has 130 valence electrons. The molecule has 0 aliphatic heterocycles. The zero-order valence-corrected chi connectivity index (χ0v) is 16.8. The number of aliphatic imine (C=N–C) groups is 1. The number of nitrogens with zero attached hydrogens (tertiary/aromatic N) is 1. The Labute approximate surface area is 161 Å². The SMILES string of the molecule is CN=C(NCCc1ccccc1OC)NCc1ccccc1C.I. The first-order valence-corrected chi connectivity index (χ1v) is 7.85. The zero-order chi connectivity index (χ0) is 16.5. The molecule has 0 saturated heterocycles. The van der Waals surface area contributed by atoms with E-state index in [9.17, 15) is 0 Å². The number of guanidine groups is 1. The molecule has 0 aromatic heterocycles. The van der Waals surface area contributed by atoms with Gasteiger partial charge in [0.25, 0.3) is 0 Å². The van der Waals surface area contributed by atoms with Crippen molar-refractivity contribution in [1.82, 2.24) is 10.6 Å². The number of ether oxygens (including phenoxy) is 1. The molecule has 4 nitrogen and oxygen atoms in total. The first kappa shape index (κ1) is 20.3. The van der Waals surface area contributed by atoms with Crippen LogP contribution in [0.4, 0.5) is 0 Å². The average molecular weight is 439 g/mol. The van der Waals surface area contributed by atoms with Crippen LogP contribution in [0.1, 0.15) is 16.7 Å². The van der Waals surface area contributed by atoms with Gasteiger partial charge in [0, 0.05) is 20.1 Å². The predicted octanol–water partition coefficient (Wildman–Crippen LogP) is 3.53. The van der Waals surface area contributed by atoms with E-state index < -0.39 is 0 Å². The monoisotopic (exact) mass is 439 g/mol. The maximum absolute atomic E-state index is 5.37. The van der Waals surface area contributed by atoms with Crippen molar-refractivity contribution >= 4 is 29.9 Å². The third-order valence-corrected chi connectivity index (χ3v) is 3.81. The van der Waals surface area contributed by atoms with E-state index in [0.29, 0.717) is 0 Å². The molecular formula is C19H26IN3O. The van der Waals surface area contributed by atoms with Gasteiger partial charge in [0.05, 0.1) is 7.11 Å². The lowest BCUT2D eigenvalue weighted by molar-refractivity contribution is 0.409. The summed E-state index contributed by atoms with van der Waals surface area (Å²) in [5, 5.41) is 6.69. The Morgan fingerprint density at radius 1 is 1.00 bits per heavy atom. The highest BCUT2D eigenvalue weighted by molar-refractivity contribution is 14.0. The van der Waals surface area contributed by atoms with E-state index in [0.717, 1.165) is 31.2 Å². The predicted molar refractivity (Wildman–Crippen MR) is 111 cm³/mol. The molecule has 0 atom stereocenters. The summed E-state index contributed by atoms with van der Waals surface area (Å²) in [4.78, 5) is 4.27. The van der Waals surface area contributed by atoms with Crippen LogP contribution in [-0.4, -0.2) is 26.7 Å². The van der Waals surface area contributed by atoms with Crippen molar-refractivity contribution in [2.24, 2.45) is 4.99 Å². The third-order valence-electron chi connectivity index (χ3n) is 3.81. The maximum Gasteiger partial charge on any atom is 0.191 e. The van der Waals surface area contributed by atoms with Crippen LogP contribution < -0.4 is 15.4 Å². The molecule has 5 heteroatoms. The normalized spacial score (nSPS) is 10.7. The molecule has 0 amide bonds. The first-order chi connectivity index (χ1) is 11.2. The van der Waals surface area contributed by atoms with E-state index in [2.05, 4.69) is 52.9 Å². The Bertz CT molecular complexity index is 659. The Hall–Kier alpha value is -1.76. The summed E-state index contributed by atoms with van der Waals surface area (Å²) >= 11 is 0. The lowest BCUT2D eigenvalue weighted by atomic mass is 10.1. The van der Waals surface area contributed by atoms with Gasteiger partial charge in [0.15, 0.2) is 5.96 Å². The van der Waals surface area contributed by atoms with E-state index in [-0.39, 0.29) is 24.0 Å². The smallest absolute Gasteiger partial charge is 0.191 e. The number of hydrogen-bond acceptors (Lipinski definition) is 2. The minimum absolute atomic E-state index is 0. The van der Waals surface area contributed by atoms with Crippen molar-refractivity contribution in [3.05, 3.63) is 65.2 Å². The van der Waals surface area contributed by atoms with Gasteiger partial charge in [0.2, 0.25) is 0 Å². The van der Waals surface area contributed by atoms with Crippen LogP contribution in [0.3, 0.4) is 0 Å². The summed E-state index contributed by atoms with van der Waals surface area (Å²) in [5.74, 6) is 1.74. The molecule has 2 rings (SSSR count). The largest absolute Gasteiger partial charge is 0.496 e. The van der Waals surface area contributed by atoms with Gasteiger partial charge >= 0.3 is 0 Å². The minimum atomic E-state index is 0. The fourth-order valence-corrected chi connectivity index (χ4v) is 2.43. The van der Waals surface area contributed by atoms with Crippen LogP contribution >= 0.6 is 24.0 Å². The van der Waals surface area contributed by atoms with E-state index >= 15 is 0 Å². The van der Waals surface area contributed by atoms with Crippen molar-refractivity contribution in [2.75, 3.05) is 20.7 Å². The van der Waals surface area contributed by atoms with Crippen LogP contribution in [0.2, 0.25) is 0 Å². The van der Waals surface area contributed by atoms with Crippen molar-refractivity contribution in [3.63, 3.8) is 0 Å². The van der Waals surface area contributed by atoms with Gasteiger partial charge in [-0.2, -0.15) is 0 Å². The van der Waals surface area contributed by atoms with Gasteiger partial charge in [-0.3, -0.25) is 4.99 Å². The molecule has 2 aromatic rings. The summed E-state index contributed by atoms with van der Waals surface area (Å²) in [6, 6.07) is 16.5. The first-order valence-electron chi connectivity index (χ1n) is 7.85. The van der Waals surface area contributed by atoms with Crippen LogP contribution in [-0.2, 0) is 13.0 Å². The molecule has 0 bridgehead atoms. The van der Waals surface area contributed by atoms with Crippen LogP contribution in [0.25, 0.3) is 0 Å². The van der Waals surface area contributed by atoms with Crippen LogP contribution in [0.5, 0.6) is 5.75 Å². The van der Waals surface area contributed by atoms with Crippen LogP contribution in [0, 0.1) is 6.92 Å². The van der Waals surface area contributed by atoms with Gasteiger partial charge < -0.3 is 15.4 Å².